The fraction of sp³-hybridized carbons (Fsp3) is 0.286. The molecule has 0 aliphatic carbocycles. The van der Waals surface area contributed by atoms with E-state index in [1.54, 1.807) is 25.2 Å². The van der Waals surface area contributed by atoms with Gasteiger partial charge < -0.3 is 10.1 Å². The van der Waals surface area contributed by atoms with Crippen LogP contribution in [0.15, 0.2) is 35.4 Å². The number of fused-ring (bicyclic) bond motifs is 1. The van der Waals surface area contributed by atoms with Gasteiger partial charge in [0.05, 0.1) is 12.0 Å². The molecule has 0 aliphatic heterocycles. The Bertz CT molecular complexity index is 796. The minimum absolute atomic E-state index is 0. The van der Waals surface area contributed by atoms with E-state index in [1.807, 2.05) is 0 Å². The molecule has 0 bridgehead atoms. The van der Waals surface area contributed by atoms with Crippen LogP contribution in [0.4, 0.5) is 0 Å². The van der Waals surface area contributed by atoms with E-state index in [-0.39, 0.29) is 29.5 Å². The van der Waals surface area contributed by atoms with E-state index in [1.165, 1.54) is 19.4 Å². The molecule has 2 N–H and O–H groups in total. The Balaban J connectivity index is 0.00000264. The van der Waals surface area contributed by atoms with E-state index in [9.17, 15) is 13.2 Å². The summed E-state index contributed by atoms with van der Waals surface area (Å²) in [6, 6.07) is 6.27. The summed E-state index contributed by atoms with van der Waals surface area (Å²) in [5, 5.41) is 3.72. The lowest BCUT2D eigenvalue weighted by molar-refractivity contribution is 0.0596. The average molecular weight is 360 g/mol. The predicted octanol–water partition coefficient (Wildman–Crippen LogP) is 0.941. The molecule has 0 spiro atoms. The first-order valence-corrected chi connectivity index (χ1v) is 8.10. The predicted molar refractivity (Wildman–Crippen MR) is 89.4 cm³/mol. The van der Waals surface area contributed by atoms with Gasteiger partial charge in [-0.05, 0) is 19.2 Å². The molecule has 0 radical (unpaired) electrons. The Morgan fingerprint density at radius 2 is 1.96 bits per heavy atom. The molecule has 1 aromatic carbocycles. The molecule has 1 heterocycles. The summed E-state index contributed by atoms with van der Waals surface area (Å²) < 4.78 is 32.0. The van der Waals surface area contributed by atoms with Crippen molar-refractivity contribution in [1.82, 2.24) is 15.0 Å². The fourth-order valence-electron chi connectivity index (χ4n) is 2.06. The van der Waals surface area contributed by atoms with Gasteiger partial charge in [-0.1, -0.05) is 12.1 Å². The summed E-state index contributed by atoms with van der Waals surface area (Å²) in [5.74, 6) is -0.608. The number of hydrogen-bond donors (Lipinski definition) is 2. The Labute approximate surface area is 140 Å². The largest absolute Gasteiger partial charge is 0.464 e. The SMILES string of the molecule is CNCCNS(=O)(=O)c1cccc2c(C(=O)OC)nccc12.Cl. The lowest BCUT2D eigenvalue weighted by Crippen LogP contribution is -2.30. The van der Waals surface area contributed by atoms with Crippen LogP contribution >= 0.6 is 12.4 Å². The van der Waals surface area contributed by atoms with Crippen LogP contribution in [0.3, 0.4) is 0 Å². The van der Waals surface area contributed by atoms with Crippen molar-refractivity contribution in [3.05, 3.63) is 36.2 Å². The third-order valence-electron chi connectivity index (χ3n) is 3.10. The number of rotatable bonds is 6. The number of likely N-dealkylation sites (N-methyl/N-ethyl adjacent to an activating group) is 1. The van der Waals surface area contributed by atoms with Crippen LogP contribution in [0.1, 0.15) is 10.5 Å². The van der Waals surface area contributed by atoms with Gasteiger partial charge in [0.2, 0.25) is 10.0 Å². The Kier molecular flexibility index (Phi) is 6.89. The van der Waals surface area contributed by atoms with E-state index in [0.717, 1.165) is 0 Å². The summed E-state index contributed by atoms with van der Waals surface area (Å²) in [6.07, 6.45) is 1.39. The van der Waals surface area contributed by atoms with Gasteiger partial charge in [-0.25, -0.2) is 22.9 Å². The maximum absolute atomic E-state index is 12.4. The topological polar surface area (TPSA) is 97.4 Å². The Morgan fingerprint density at radius 1 is 1.22 bits per heavy atom. The third kappa shape index (κ3) is 4.17. The number of nitrogens with zero attached hydrogens (tertiary/aromatic N) is 1. The third-order valence-corrected chi connectivity index (χ3v) is 4.62. The number of aromatic nitrogens is 1. The molecule has 2 aromatic rings. The van der Waals surface area contributed by atoms with Crippen molar-refractivity contribution in [3.8, 4) is 0 Å². The first-order chi connectivity index (χ1) is 10.5. The first-order valence-electron chi connectivity index (χ1n) is 6.61. The number of halogens is 1. The molecule has 126 valence electrons. The van der Waals surface area contributed by atoms with Crippen LogP contribution in [-0.2, 0) is 14.8 Å². The molecular weight excluding hydrogens is 342 g/mol. The summed E-state index contributed by atoms with van der Waals surface area (Å²) in [6.45, 7) is 0.781. The minimum Gasteiger partial charge on any atom is -0.464 e. The maximum atomic E-state index is 12.4. The second kappa shape index (κ2) is 8.21. The number of pyridine rings is 1. The molecule has 0 fully saturated rings. The molecule has 0 saturated heterocycles. The number of benzene rings is 1. The van der Waals surface area contributed by atoms with E-state index >= 15 is 0 Å². The second-order valence-electron chi connectivity index (χ2n) is 4.50. The number of carbonyl (C=O) groups is 1. The maximum Gasteiger partial charge on any atom is 0.357 e. The van der Waals surface area contributed by atoms with Crippen molar-refractivity contribution in [1.29, 1.82) is 0 Å². The van der Waals surface area contributed by atoms with Crippen molar-refractivity contribution in [2.24, 2.45) is 0 Å². The molecule has 1 aromatic heterocycles. The van der Waals surface area contributed by atoms with Gasteiger partial charge in [-0.3, -0.25) is 0 Å². The van der Waals surface area contributed by atoms with Gasteiger partial charge in [0.15, 0.2) is 5.69 Å². The highest BCUT2D eigenvalue weighted by Gasteiger charge is 2.20. The van der Waals surface area contributed by atoms with E-state index in [2.05, 4.69) is 19.8 Å². The Morgan fingerprint density at radius 3 is 2.61 bits per heavy atom. The molecule has 0 aliphatic rings. The molecule has 9 heteroatoms. The van der Waals surface area contributed by atoms with Gasteiger partial charge in [0.1, 0.15) is 0 Å². The summed E-state index contributed by atoms with van der Waals surface area (Å²) in [7, 11) is -0.689. The smallest absolute Gasteiger partial charge is 0.357 e. The monoisotopic (exact) mass is 359 g/mol. The van der Waals surface area contributed by atoms with Crippen LogP contribution in [0.5, 0.6) is 0 Å². The number of hydrogen-bond acceptors (Lipinski definition) is 6. The van der Waals surface area contributed by atoms with Gasteiger partial charge in [0, 0.05) is 30.1 Å². The van der Waals surface area contributed by atoms with Gasteiger partial charge >= 0.3 is 5.97 Å². The molecule has 23 heavy (non-hydrogen) atoms. The number of ether oxygens (including phenoxy) is 1. The van der Waals surface area contributed by atoms with Crippen molar-refractivity contribution < 1.29 is 17.9 Å². The first kappa shape index (κ1) is 19.3. The van der Waals surface area contributed by atoms with Crippen molar-refractivity contribution in [2.75, 3.05) is 27.2 Å². The average Bonchev–Trinajstić information content (AvgIpc) is 2.53. The fourth-order valence-corrected chi connectivity index (χ4v) is 3.31. The number of nitrogens with one attached hydrogen (secondary N) is 2. The quantitative estimate of drug-likeness (QED) is 0.588. The minimum atomic E-state index is -3.68. The van der Waals surface area contributed by atoms with E-state index in [4.69, 9.17) is 0 Å². The number of sulfonamides is 1. The van der Waals surface area contributed by atoms with Crippen LogP contribution in [0.25, 0.3) is 10.8 Å². The highest BCUT2D eigenvalue weighted by molar-refractivity contribution is 7.89. The molecule has 0 unspecified atom stereocenters. The summed E-state index contributed by atoms with van der Waals surface area (Å²) in [5.41, 5.74) is 0.0901. The highest BCUT2D eigenvalue weighted by Crippen LogP contribution is 2.24. The van der Waals surface area contributed by atoms with E-state index in [0.29, 0.717) is 17.3 Å². The molecule has 2 rings (SSSR count). The molecule has 0 saturated carbocycles. The number of esters is 1. The lowest BCUT2D eigenvalue weighted by atomic mass is 10.1. The standard InChI is InChI=1S/C14H17N3O4S.ClH/c1-15-8-9-17-22(19,20)12-5-3-4-11-10(12)6-7-16-13(11)14(18)21-2;/h3-7,15,17H,8-9H2,1-2H3;1H. The number of carbonyl (C=O) groups excluding carboxylic acids is 1. The van der Waals surface area contributed by atoms with Crippen molar-refractivity contribution in [2.45, 2.75) is 4.90 Å². The zero-order valence-corrected chi connectivity index (χ0v) is 14.3. The van der Waals surface area contributed by atoms with Gasteiger partial charge in [0.25, 0.3) is 0 Å². The van der Waals surface area contributed by atoms with Gasteiger partial charge in [-0.15, -0.1) is 12.4 Å². The highest BCUT2D eigenvalue weighted by atomic mass is 35.5. The van der Waals surface area contributed by atoms with E-state index < -0.39 is 16.0 Å². The Hall–Kier alpha value is -1.74. The summed E-state index contributed by atoms with van der Waals surface area (Å²) in [4.78, 5) is 15.8. The van der Waals surface area contributed by atoms with Crippen LogP contribution in [-0.4, -0.2) is 46.6 Å². The zero-order valence-electron chi connectivity index (χ0n) is 12.7. The zero-order chi connectivity index (χ0) is 16.2. The van der Waals surface area contributed by atoms with Crippen LogP contribution in [0, 0.1) is 0 Å². The molecule has 7 nitrogen and oxygen atoms in total. The van der Waals surface area contributed by atoms with Crippen molar-refractivity contribution >= 4 is 39.2 Å². The van der Waals surface area contributed by atoms with Crippen molar-refractivity contribution in [3.63, 3.8) is 0 Å². The number of methoxy groups -OCH3 is 1. The summed E-state index contributed by atoms with van der Waals surface area (Å²) >= 11 is 0. The molecule has 0 atom stereocenters. The molecular formula is C14H18ClN3O4S. The van der Waals surface area contributed by atoms with Gasteiger partial charge in [-0.2, -0.15) is 0 Å². The second-order valence-corrected chi connectivity index (χ2v) is 6.24. The lowest BCUT2D eigenvalue weighted by Gasteiger charge is -2.10. The van der Waals surface area contributed by atoms with Crippen LogP contribution in [0.2, 0.25) is 0 Å². The molecule has 0 amide bonds. The normalized spacial score (nSPS) is 11.0. The van der Waals surface area contributed by atoms with Crippen LogP contribution < -0.4 is 10.0 Å².